The molecule has 164 valence electrons. The molecule has 0 atom stereocenters. The molecule has 0 bridgehead atoms. The van der Waals surface area contributed by atoms with Gasteiger partial charge in [-0.1, -0.05) is 0 Å². The standard InChI is InChI=1S/C23H20FN3O4S/c24-17-5-13-21(14-6-17)32(30,31)26-19-7-3-16(4-8-19)23(29)25-18-9-11-20(12-10-18)27-15-1-2-22(27)28/h3-14,26H,1-2,15H2,(H,25,29). The van der Waals surface area contributed by atoms with Gasteiger partial charge in [0.15, 0.2) is 0 Å². The van der Waals surface area contributed by atoms with Crippen LogP contribution in [0.4, 0.5) is 21.5 Å². The average Bonchev–Trinajstić information content (AvgIpc) is 3.20. The van der Waals surface area contributed by atoms with Crippen LogP contribution in [-0.4, -0.2) is 26.8 Å². The Balaban J connectivity index is 1.40. The Kier molecular flexibility index (Phi) is 5.91. The van der Waals surface area contributed by atoms with Crippen LogP contribution in [0.15, 0.2) is 77.7 Å². The van der Waals surface area contributed by atoms with Crippen LogP contribution >= 0.6 is 0 Å². The molecular weight excluding hydrogens is 433 g/mol. The molecule has 2 amide bonds. The van der Waals surface area contributed by atoms with Gasteiger partial charge in [-0.15, -0.1) is 0 Å². The minimum Gasteiger partial charge on any atom is -0.322 e. The molecule has 3 aromatic rings. The second-order valence-corrected chi connectivity index (χ2v) is 8.97. The highest BCUT2D eigenvalue weighted by molar-refractivity contribution is 7.92. The van der Waals surface area contributed by atoms with Crippen LogP contribution < -0.4 is 14.9 Å². The summed E-state index contributed by atoms with van der Waals surface area (Å²) >= 11 is 0. The van der Waals surface area contributed by atoms with Gasteiger partial charge >= 0.3 is 0 Å². The van der Waals surface area contributed by atoms with Crippen LogP contribution in [0.25, 0.3) is 0 Å². The summed E-state index contributed by atoms with van der Waals surface area (Å²) in [6.07, 6.45) is 1.39. The number of carbonyl (C=O) groups is 2. The minimum atomic E-state index is -3.87. The van der Waals surface area contributed by atoms with E-state index < -0.39 is 15.8 Å². The van der Waals surface area contributed by atoms with Gasteiger partial charge in [0.1, 0.15) is 5.82 Å². The second kappa shape index (κ2) is 8.80. The van der Waals surface area contributed by atoms with E-state index in [4.69, 9.17) is 0 Å². The lowest BCUT2D eigenvalue weighted by Gasteiger charge is -2.16. The largest absolute Gasteiger partial charge is 0.322 e. The highest BCUT2D eigenvalue weighted by Crippen LogP contribution is 2.23. The highest BCUT2D eigenvalue weighted by Gasteiger charge is 2.21. The van der Waals surface area contributed by atoms with E-state index in [1.54, 1.807) is 29.2 Å². The first-order chi connectivity index (χ1) is 15.3. The number of amides is 2. The summed E-state index contributed by atoms with van der Waals surface area (Å²) in [7, 11) is -3.87. The number of benzene rings is 3. The number of anilines is 3. The first kappa shape index (κ1) is 21.5. The van der Waals surface area contributed by atoms with Gasteiger partial charge in [-0.05, 0) is 79.2 Å². The molecule has 1 saturated heterocycles. The number of rotatable bonds is 6. The van der Waals surface area contributed by atoms with Crippen molar-refractivity contribution >= 4 is 38.9 Å². The first-order valence-electron chi connectivity index (χ1n) is 9.92. The summed E-state index contributed by atoms with van der Waals surface area (Å²) in [6, 6.07) is 17.4. The van der Waals surface area contributed by atoms with Gasteiger partial charge in [-0.2, -0.15) is 0 Å². The molecule has 0 spiro atoms. The molecule has 0 saturated carbocycles. The molecule has 1 heterocycles. The van der Waals surface area contributed by atoms with Crippen LogP contribution in [0.3, 0.4) is 0 Å². The summed E-state index contributed by atoms with van der Waals surface area (Å²) in [5.74, 6) is -0.793. The van der Waals surface area contributed by atoms with Crippen LogP contribution in [0.5, 0.6) is 0 Å². The SMILES string of the molecule is O=C(Nc1ccc(N2CCCC2=O)cc1)c1ccc(NS(=O)(=O)c2ccc(F)cc2)cc1. The molecule has 4 rings (SSSR count). The lowest BCUT2D eigenvalue weighted by Crippen LogP contribution is -2.23. The summed E-state index contributed by atoms with van der Waals surface area (Å²) < 4.78 is 40.2. The molecule has 1 fully saturated rings. The Bertz CT molecular complexity index is 1240. The fourth-order valence-electron chi connectivity index (χ4n) is 3.37. The number of nitrogens with zero attached hydrogens (tertiary/aromatic N) is 1. The van der Waals surface area contributed by atoms with Crippen LogP contribution in [0.1, 0.15) is 23.2 Å². The Labute approximate surface area is 184 Å². The average molecular weight is 453 g/mol. The zero-order valence-corrected chi connectivity index (χ0v) is 17.7. The number of hydrogen-bond donors (Lipinski definition) is 2. The Morgan fingerprint density at radius 2 is 1.50 bits per heavy atom. The molecule has 0 aromatic heterocycles. The topological polar surface area (TPSA) is 95.6 Å². The van der Waals surface area contributed by atoms with Gasteiger partial charge in [0.2, 0.25) is 5.91 Å². The monoisotopic (exact) mass is 453 g/mol. The van der Waals surface area contributed by atoms with Crippen molar-refractivity contribution in [2.75, 3.05) is 21.5 Å². The molecule has 9 heteroatoms. The molecule has 2 N–H and O–H groups in total. The third-order valence-corrected chi connectivity index (χ3v) is 6.43. The molecule has 0 aliphatic carbocycles. The molecule has 7 nitrogen and oxygen atoms in total. The zero-order valence-electron chi connectivity index (χ0n) is 16.9. The summed E-state index contributed by atoms with van der Waals surface area (Å²) in [5, 5.41) is 2.77. The Morgan fingerprint density at radius 3 is 2.09 bits per heavy atom. The number of sulfonamides is 1. The lowest BCUT2D eigenvalue weighted by molar-refractivity contribution is -0.117. The lowest BCUT2D eigenvalue weighted by atomic mass is 10.2. The maximum absolute atomic E-state index is 13.0. The van der Waals surface area contributed by atoms with E-state index in [9.17, 15) is 22.4 Å². The van der Waals surface area contributed by atoms with Crippen molar-refractivity contribution in [1.82, 2.24) is 0 Å². The molecule has 3 aromatic carbocycles. The summed E-state index contributed by atoms with van der Waals surface area (Å²) in [4.78, 5) is 26.0. The smallest absolute Gasteiger partial charge is 0.261 e. The first-order valence-corrected chi connectivity index (χ1v) is 11.4. The van der Waals surface area contributed by atoms with E-state index in [-0.39, 0.29) is 22.4 Å². The van der Waals surface area contributed by atoms with E-state index >= 15 is 0 Å². The van der Waals surface area contributed by atoms with Gasteiger partial charge in [-0.3, -0.25) is 14.3 Å². The summed E-state index contributed by atoms with van der Waals surface area (Å²) in [6.45, 7) is 0.696. The van der Waals surface area contributed by atoms with E-state index in [1.807, 2.05) is 0 Å². The number of nitrogens with one attached hydrogen (secondary N) is 2. The van der Waals surface area contributed by atoms with Crippen molar-refractivity contribution in [1.29, 1.82) is 0 Å². The molecule has 1 aliphatic heterocycles. The molecular formula is C23H20FN3O4S. The Morgan fingerprint density at radius 1 is 0.875 bits per heavy atom. The normalized spacial score (nSPS) is 13.8. The van der Waals surface area contributed by atoms with E-state index in [0.717, 1.165) is 24.2 Å². The fraction of sp³-hybridized carbons (Fsp3) is 0.130. The zero-order chi connectivity index (χ0) is 22.7. The highest BCUT2D eigenvalue weighted by atomic mass is 32.2. The van der Waals surface area contributed by atoms with E-state index in [1.165, 1.54) is 36.4 Å². The van der Waals surface area contributed by atoms with Gasteiger partial charge in [0.05, 0.1) is 4.90 Å². The van der Waals surface area contributed by atoms with Crippen LogP contribution in [0, 0.1) is 5.82 Å². The van der Waals surface area contributed by atoms with Gasteiger partial charge in [0, 0.05) is 35.6 Å². The van der Waals surface area contributed by atoms with Crippen molar-refractivity contribution in [3.05, 3.63) is 84.2 Å². The van der Waals surface area contributed by atoms with Crippen LogP contribution in [0.2, 0.25) is 0 Å². The van der Waals surface area contributed by atoms with Gasteiger partial charge in [0.25, 0.3) is 15.9 Å². The molecule has 1 aliphatic rings. The second-order valence-electron chi connectivity index (χ2n) is 7.29. The van der Waals surface area contributed by atoms with Crippen molar-refractivity contribution in [2.24, 2.45) is 0 Å². The predicted molar refractivity (Wildman–Crippen MR) is 120 cm³/mol. The molecule has 0 unspecified atom stereocenters. The predicted octanol–water partition coefficient (Wildman–Crippen LogP) is 4.01. The van der Waals surface area contributed by atoms with E-state index in [0.29, 0.717) is 24.2 Å². The van der Waals surface area contributed by atoms with E-state index in [2.05, 4.69) is 10.0 Å². The third kappa shape index (κ3) is 4.78. The summed E-state index contributed by atoms with van der Waals surface area (Å²) in [5.41, 5.74) is 1.98. The van der Waals surface area contributed by atoms with Gasteiger partial charge in [-0.25, -0.2) is 12.8 Å². The number of hydrogen-bond acceptors (Lipinski definition) is 4. The number of carbonyl (C=O) groups excluding carboxylic acids is 2. The Hall–Kier alpha value is -3.72. The number of halogens is 1. The third-order valence-electron chi connectivity index (χ3n) is 5.03. The van der Waals surface area contributed by atoms with Crippen molar-refractivity contribution < 1.29 is 22.4 Å². The van der Waals surface area contributed by atoms with Crippen molar-refractivity contribution in [3.8, 4) is 0 Å². The maximum atomic E-state index is 13.0. The van der Waals surface area contributed by atoms with Crippen molar-refractivity contribution in [3.63, 3.8) is 0 Å². The minimum absolute atomic E-state index is 0.0696. The van der Waals surface area contributed by atoms with Crippen molar-refractivity contribution in [2.45, 2.75) is 17.7 Å². The van der Waals surface area contributed by atoms with Crippen LogP contribution in [-0.2, 0) is 14.8 Å². The molecule has 32 heavy (non-hydrogen) atoms. The van der Waals surface area contributed by atoms with Gasteiger partial charge < -0.3 is 10.2 Å². The molecule has 0 radical (unpaired) electrons. The fourth-order valence-corrected chi connectivity index (χ4v) is 4.43. The quantitative estimate of drug-likeness (QED) is 0.590. The maximum Gasteiger partial charge on any atom is 0.261 e.